The zero-order valence-electron chi connectivity index (χ0n) is 7.59. The summed E-state index contributed by atoms with van der Waals surface area (Å²) in [5, 5.41) is 3.32. The number of benzene rings is 1. The van der Waals surface area contributed by atoms with Gasteiger partial charge in [0, 0.05) is 12.5 Å². The maximum Gasteiger partial charge on any atom is 0.224 e. The van der Waals surface area contributed by atoms with Gasteiger partial charge in [-0.2, -0.15) is 0 Å². The van der Waals surface area contributed by atoms with Crippen molar-refractivity contribution in [2.75, 3.05) is 5.32 Å². The lowest BCUT2D eigenvalue weighted by Gasteiger charge is -2.12. The van der Waals surface area contributed by atoms with Crippen molar-refractivity contribution in [3.8, 4) is 0 Å². The number of anilines is 1. The van der Waals surface area contributed by atoms with Gasteiger partial charge in [0.1, 0.15) is 0 Å². The molecule has 1 aromatic carbocycles. The van der Waals surface area contributed by atoms with Gasteiger partial charge in [0.15, 0.2) is 0 Å². The van der Waals surface area contributed by atoms with Gasteiger partial charge in [-0.25, -0.2) is 0 Å². The van der Waals surface area contributed by atoms with E-state index in [0.29, 0.717) is 23.6 Å². The molecule has 0 aromatic heterocycles. The lowest BCUT2D eigenvalue weighted by molar-refractivity contribution is -0.116. The predicted molar refractivity (Wildman–Crippen MR) is 56.2 cm³/mol. The van der Waals surface area contributed by atoms with E-state index in [0.717, 1.165) is 5.56 Å². The number of carbonyl (C=O) groups is 1. The summed E-state index contributed by atoms with van der Waals surface area (Å²) >= 11 is 5.98. The molecule has 1 atom stereocenters. The van der Waals surface area contributed by atoms with Crippen molar-refractivity contribution in [1.82, 2.24) is 0 Å². The fraction of sp³-hybridized carbons (Fsp3) is 0.300. The highest BCUT2D eigenvalue weighted by Gasteiger charge is 2.20. The van der Waals surface area contributed by atoms with Gasteiger partial charge in [-0.3, -0.25) is 4.79 Å². The summed E-state index contributed by atoms with van der Waals surface area (Å²) in [7, 11) is 0. The van der Waals surface area contributed by atoms with Crippen LogP contribution in [0.3, 0.4) is 0 Å². The highest BCUT2D eigenvalue weighted by atomic mass is 35.5. The van der Waals surface area contributed by atoms with Crippen LogP contribution in [0.1, 0.15) is 24.4 Å². The van der Waals surface area contributed by atoms with E-state index >= 15 is 0 Å². The second-order valence-electron chi connectivity index (χ2n) is 3.40. The average Bonchev–Trinajstić information content (AvgIpc) is 2.30. The Morgan fingerprint density at radius 2 is 2.29 bits per heavy atom. The maximum atomic E-state index is 11.3. The lowest BCUT2D eigenvalue weighted by atomic mass is 10.0. The number of halogens is 1. The first kappa shape index (κ1) is 9.49. The predicted octanol–water partition coefficient (Wildman–Crippen LogP) is 2.07. The first-order valence-electron chi connectivity index (χ1n) is 4.52. The number of hydrogen-bond acceptors (Lipinski definition) is 2. The molecule has 4 heteroatoms. The number of carbonyl (C=O) groups excluding carboxylic acids is 1. The lowest BCUT2D eigenvalue weighted by Crippen LogP contribution is -2.09. The zero-order chi connectivity index (χ0) is 10.1. The third-order valence-electron chi connectivity index (χ3n) is 2.39. The molecule has 0 bridgehead atoms. The van der Waals surface area contributed by atoms with Crippen LogP contribution in [-0.2, 0) is 4.79 Å². The monoisotopic (exact) mass is 210 g/mol. The summed E-state index contributed by atoms with van der Waals surface area (Å²) in [5.41, 5.74) is 7.52. The molecule has 3 N–H and O–H groups in total. The molecule has 14 heavy (non-hydrogen) atoms. The summed E-state index contributed by atoms with van der Waals surface area (Å²) in [4.78, 5) is 11.3. The summed E-state index contributed by atoms with van der Waals surface area (Å²) in [6.07, 6.45) is 1.12. The van der Waals surface area contributed by atoms with Gasteiger partial charge >= 0.3 is 0 Å². The quantitative estimate of drug-likeness (QED) is 0.689. The fourth-order valence-corrected chi connectivity index (χ4v) is 1.85. The van der Waals surface area contributed by atoms with Crippen LogP contribution in [0, 0.1) is 0 Å². The zero-order valence-corrected chi connectivity index (χ0v) is 8.34. The van der Waals surface area contributed by atoms with Crippen molar-refractivity contribution in [3.63, 3.8) is 0 Å². The molecule has 2 rings (SSSR count). The van der Waals surface area contributed by atoms with Crippen molar-refractivity contribution in [1.29, 1.82) is 0 Å². The van der Waals surface area contributed by atoms with Crippen molar-refractivity contribution in [2.45, 2.75) is 18.9 Å². The second-order valence-corrected chi connectivity index (χ2v) is 3.80. The van der Waals surface area contributed by atoms with Gasteiger partial charge in [0.2, 0.25) is 5.91 Å². The second kappa shape index (κ2) is 3.59. The Labute approximate surface area is 87.2 Å². The standard InChI is InChI=1S/C10H11ClN2O/c11-7-3-1-2-6-8(12)4-5-9(14)13-10(6)7/h1-3,8H,4-5,12H2,(H,13,14). The van der Waals surface area contributed by atoms with E-state index in [9.17, 15) is 4.79 Å². The molecule has 74 valence electrons. The molecule has 0 radical (unpaired) electrons. The smallest absolute Gasteiger partial charge is 0.224 e. The molecule has 0 aliphatic carbocycles. The molecule has 0 saturated carbocycles. The van der Waals surface area contributed by atoms with Crippen molar-refractivity contribution >= 4 is 23.2 Å². The first-order chi connectivity index (χ1) is 6.68. The summed E-state index contributed by atoms with van der Waals surface area (Å²) in [6.45, 7) is 0. The van der Waals surface area contributed by atoms with Crippen LogP contribution in [0.4, 0.5) is 5.69 Å². The molecule has 1 unspecified atom stereocenters. The first-order valence-corrected chi connectivity index (χ1v) is 4.90. The highest BCUT2D eigenvalue weighted by molar-refractivity contribution is 6.34. The number of para-hydroxylation sites is 1. The van der Waals surface area contributed by atoms with Gasteiger partial charge < -0.3 is 11.1 Å². The molecular formula is C10H11ClN2O. The number of nitrogens with one attached hydrogen (secondary N) is 1. The van der Waals surface area contributed by atoms with E-state index in [4.69, 9.17) is 17.3 Å². The van der Waals surface area contributed by atoms with E-state index in [1.165, 1.54) is 0 Å². The van der Waals surface area contributed by atoms with E-state index in [1.807, 2.05) is 12.1 Å². The molecule has 0 saturated heterocycles. The molecule has 1 heterocycles. The van der Waals surface area contributed by atoms with Crippen LogP contribution in [-0.4, -0.2) is 5.91 Å². The minimum atomic E-state index is -0.109. The maximum absolute atomic E-state index is 11.3. The van der Waals surface area contributed by atoms with Crippen LogP contribution in [0.25, 0.3) is 0 Å². The Morgan fingerprint density at radius 3 is 3.07 bits per heavy atom. The van der Waals surface area contributed by atoms with E-state index in [1.54, 1.807) is 6.07 Å². The number of nitrogens with two attached hydrogens (primary N) is 1. The number of hydrogen-bond donors (Lipinski definition) is 2. The van der Waals surface area contributed by atoms with Crippen LogP contribution < -0.4 is 11.1 Å². The third-order valence-corrected chi connectivity index (χ3v) is 2.71. The third kappa shape index (κ3) is 1.61. The fourth-order valence-electron chi connectivity index (χ4n) is 1.63. The normalized spacial score (nSPS) is 21.0. The Morgan fingerprint density at radius 1 is 1.50 bits per heavy atom. The Kier molecular flexibility index (Phi) is 2.44. The molecular weight excluding hydrogens is 200 g/mol. The minimum absolute atomic E-state index is 0.0210. The molecule has 1 aliphatic rings. The van der Waals surface area contributed by atoms with E-state index in [2.05, 4.69) is 5.32 Å². The Hall–Kier alpha value is -1.06. The largest absolute Gasteiger partial charge is 0.324 e. The Bertz CT molecular complexity index is 378. The highest BCUT2D eigenvalue weighted by Crippen LogP contribution is 2.33. The molecule has 1 aliphatic heterocycles. The molecule has 3 nitrogen and oxygen atoms in total. The summed E-state index contributed by atoms with van der Waals surface area (Å²) in [6, 6.07) is 5.39. The molecule has 0 fully saturated rings. The molecule has 1 amide bonds. The van der Waals surface area contributed by atoms with Crippen molar-refractivity contribution in [3.05, 3.63) is 28.8 Å². The topological polar surface area (TPSA) is 55.1 Å². The van der Waals surface area contributed by atoms with Crippen LogP contribution in [0.15, 0.2) is 18.2 Å². The van der Waals surface area contributed by atoms with Crippen LogP contribution >= 0.6 is 11.6 Å². The number of fused-ring (bicyclic) bond motifs is 1. The molecule has 0 spiro atoms. The summed E-state index contributed by atoms with van der Waals surface area (Å²) in [5.74, 6) is -0.0210. The van der Waals surface area contributed by atoms with Gasteiger partial charge in [-0.1, -0.05) is 23.7 Å². The SMILES string of the molecule is NC1CCC(=O)Nc2c(Cl)cccc21. The minimum Gasteiger partial charge on any atom is -0.324 e. The van der Waals surface area contributed by atoms with Gasteiger partial charge in [-0.05, 0) is 18.1 Å². The van der Waals surface area contributed by atoms with Crippen molar-refractivity contribution < 1.29 is 4.79 Å². The average molecular weight is 211 g/mol. The van der Waals surface area contributed by atoms with Crippen LogP contribution in [0.5, 0.6) is 0 Å². The molecule has 1 aromatic rings. The van der Waals surface area contributed by atoms with E-state index in [-0.39, 0.29) is 11.9 Å². The Balaban J connectivity index is 2.52. The summed E-state index contributed by atoms with van der Waals surface area (Å²) < 4.78 is 0. The van der Waals surface area contributed by atoms with Gasteiger partial charge in [0.05, 0.1) is 10.7 Å². The van der Waals surface area contributed by atoms with Crippen LogP contribution in [0.2, 0.25) is 5.02 Å². The number of rotatable bonds is 0. The van der Waals surface area contributed by atoms with Gasteiger partial charge in [-0.15, -0.1) is 0 Å². The van der Waals surface area contributed by atoms with Gasteiger partial charge in [0.25, 0.3) is 0 Å². The van der Waals surface area contributed by atoms with E-state index < -0.39 is 0 Å². The number of amides is 1. The van der Waals surface area contributed by atoms with Crippen molar-refractivity contribution in [2.24, 2.45) is 5.73 Å².